The Kier molecular flexibility index (Phi) is 6.03. The fraction of sp³-hybridized carbons (Fsp3) is 0.278. The average Bonchev–Trinajstić information content (AvgIpc) is 2.56. The SMILES string of the molecule is CCOc1ccc(N([C@H](C)C(=O)Nc2ccccc2)S(C)(=O)=O)cc1. The number of carbonyl (C=O) groups is 1. The maximum atomic E-state index is 12.5. The first-order valence-electron chi connectivity index (χ1n) is 7.91. The van der Waals surface area contributed by atoms with Gasteiger partial charge in [-0.2, -0.15) is 0 Å². The molecule has 0 saturated carbocycles. The number of ether oxygens (including phenoxy) is 1. The lowest BCUT2D eigenvalue weighted by Gasteiger charge is -2.28. The molecule has 0 aliphatic rings. The third-order valence-electron chi connectivity index (χ3n) is 3.53. The molecule has 7 heteroatoms. The normalized spacial score (nSPS) is 12.3. The summed E-state index contributed by atoms with van der Waals surface area (Å²) in [5.74, 6) is 0.228. The smallest absolute Gasteiger partial charge is 0.247 e. The van der Waals surface area contributed by atoms with E-state index in [-0.39, 0.29) is 0 Å². The fourth-order valence-corrected chi connectivity index (χ4v) is 3.61. The van der Waals surface area contributed by atoms with E-state index in [1.54, 1.807) is 55.5 Å². The summed E-state index contributed by atoms with van der Waals surface area (Å²) < 4.78 is 31.0. The highest BCUT2D eigenvalue weighted by Crippen LogP contribution is 2.24. The van der Waals surface area contributed by atoms with E-state index in [0.29, 0.717) is 23.7 Å². The molecule has 6 nitrogen and oxygen atoms in total. The van der Waals surface area contributed by atoms with Crippen LogP contribution in [0.5, 0.6) is 5.75 Å². The molecule has 0 saturated heterocycles. The van der Waals surface area contributed by atoms with Gasteiger partial charge in [0.1, 0.15) is 11.8 Å². The van der Waals surface area contributed by atoms with E-state index >= 15 is 0 Å². The van der Waals surface area contributed by atoms with Crippen molar-refractivity contribution in [3.63, 3.8) is 0 Å². The minimum absolute atomic E-state index is 0.404. The summed E-state index contributed by atoms with van der Waals surface area (Å²) in [5.41, 5.74) is 1.01. The van der Waals surface area contributed by atoms with Gasteiger partial charge in [-0.1, -0.05) is 18.2 Å². The summed E-state index contributed by atoms with van der Waals surface area (Å²) in [6.07, 6.45) is 1.08. The second-order valence-electron chi connectivity index (χ2n) is 5.52. The third-order valence-corrected chi connectivity index (χ3v) is 4.77. The number of nitrogens with one attached hydrogen (secondary N) is 1. The molecular weight excluding hydrogens is 340 g/mol. The number of sulfonamides is 1. The third kappa shape index (κ3) is 4.96. The highest BCUT2D eigenvalue weighted by Gasteiger charge is 2.29. The lowest BCUT2D eigenvalue weighted by atomic mass is 10.2. The van der Waals surface area contributed by atoms with Gasteiger partial charge in [-0.15, -0.1) is 0 Å². The van der Waals surface area contributed by atoms with E-state index in [4.69, 9.17) is 4.74 Å². The number of para-hydroxylation sites is 1. The van der Waals surface area contributed by atoms with Crippen molar-refractivity contribution in [1.29, 1.82) is 0 Å². The molecule has 0 spiro atoms. The second kappa shape index (κ2) is 8.02. The number of anilines is 2. The summed E-state index contributed by atoms with van der Waals surface area (Å²) in [4.78, 5) is 12.5. The van der Waals surface area contributed by atoms with E-state index < -0.39 is 22.0 Å². The van der Waals surface area contributed by atoms with Crippen LogP contribution >= 0.6 is 0 Å². The van der Waals surface area contributed by atoms with E-state index in [1.807, 2.05) is 13.0 Å². The number of amides is 1. The van der Waals surface area contributed by atoms with E-state index in [2.05, 4.69) is 5.32 Å². The lowest BCUT2D eigenvalue weighted by molar-refractivity contribution is -0.116. The van der Waals surface area contributed by atoms with Crippen molar-refractivity contribution in [2.24, 2.45) is 0 Å². The van der Waals surface area contributed by atoms with Crippen LogP contribution in [0.4, 0.5) is 11.4 Å². The summed E-state index contributed by atoms with van der Waals surface area (Å²) in [5, 5.41) is 2.73. The van der Waals surface area contributed by atoms with Crippen LogP contribution in [0.2, 0.25) is 0 Å². The highest BCUT2D eigenvalue weighted by atomic mass is 32.2. The zero-order chi connectivity index (χ0) is 18.4. The number of rotatable bonds is 7. The van der Waals surface area contributed by atoms with Crippen molar-refractivity contribution in [3.05, 3.63) is 54.6 Å². The van der Waals surface area contributed by atoms with Gasteiger partial charge in [0, 0.05) is 5.69 Å². The first-order valence-corrected chi connectivity index (χ1v) is 9.76. The summed E-state index contributed by atoms with van der Waals surface area (Å²) in [6, 6.07) is 14.6. The van der Waals surface area contributed by atoms with Crippen LogP contribution in [0.15, 0.2) is 54.6 Å². The maximum Gasteiger partial charge on any atom is 0.247 e. The van der Waals surface area contributed by atoms with E-state index in [9.17, 15) is 13.2 Å². The summed E-state index contributed by atoms with van der Waals surface area (Å²) >= 11 is 0. The van der Waals surface area contributed by atoms with Gasteiger partial charge < -0.3 is 10.1 Å². The molecule has 0 heterocycles. The lowest BCUT2D eigenvalue weighted by Crippen LogP contribution is -2.45. The van der Waals surface area contributed by atoms with Gasteiger partial charge in [-0.05, 0) is 50.2 Å². The molecule has 0 fully saturated rings. The van der Waals surface area contributed by atoms with Gasteiger partial charge >= 0.3 is 0 Å². The molecule has 0 bridgehead atoms. The Morgan fingerprint density at radius 3 is 2.24 bits per heavy atom. The molecule has 0 aliphatic carbocycles. The van der Waals surface area contributed by atoms with E-state index in [0.717, 1.165) is 10.6 Å². The quantitative estimate of drug-likeness (QED) is 0.822. The monoisotopic (exact) mass is 362 g/mol. The Morgan fingerprint density at radius 1 is 1.12 bits per heavy atom. The van der Waals surface area contributed by atoms with Gasteiger partial charge in [0.25, 0.3) is 0 Å². The molecule has 1 atom stereocenters. The van der Waals surface area contributed by atoms with Crippen LogP contribution in [0.25, 0.3) is 0 Å². The van der Waals surface area contributed by atoms with Crippen LogP contribution in [-0.2, 0) is 14.8 Å². The average molecular weight is 362 g/mol. The van der Waals surface area contributed by atoms with Crippen LogP contribution < -0.4 is 14.4 Å². The van der Waals surface area contributed by atoms with Crippen molar-refractivity contribution in [3.8, 4) is 5.75 Å². The number of benzene rings is 2. The second-order valence-corrected chi connectivity index (χ2v) is 7.38. The fourth-order valence-electron chi connectivity index (χ4n) is 2.43. The molecule has 2 rings (SSSR count). The number of hydrogen-bond acceptors (Lipinski definition) is 4. The Morgan fingerprint density at radius 2 is 1.72 bits per heavy atom. The molecule has 1 N–H and O–H groups in total. The molecule has 2 aromatic rings. The van der Waals surface area contributed by atoms with E-state index in [1.165, 1.54) is 0 Å². The Bertz CT molecular complexity index is 805. The maximum absolute atomic E-state index is 12.5. The van der Waals surface area contributed by atoms with Gasteiger partial charge in [0.15, 0.2) is 0 Å². The molecule has 0 radical (unpaired) electrons. The zero-order valence-electron chi connectivity index (χ0n) is 14.5. The molecule has 0 unspecified atom stereocenters. The molecule has 25 heavy (non-hydrogen) atoms. The minimum Gasteiger partial charge on any atom is -0.494 e. The predicted octanol–water partition coefficient (Wildman–Crippen LogP) is 2.88. The van der Waals surface area contributed by atoms with Crippen molar-refractivity contribution >= 4 is 27.3 Å². The van der Waals surface area contributed by atoms with Crippen LogP contribution in [0.1, 0.15) is 13.8 Å². The van der Waals surface area contributed by atoms with Crippen LogP contribution in [-0.4, -0.2) is 33.2 Å². The first kappa shape index (κ1) is 18.8. The molecule has 1 amide bonds. The van der Waals surface area contributed by atoms with Crippen molar-refractivity contribution < 1.29 is 17.9 Å². The Hall–Kier alpha value is -2.54. The Labute approximate surface area is 148 Å². The molecule has 134 valence electrons. The standard InChI is InChI=1S/C18H22N2O4S/c1-4-24-17-12-10-16(11-13-17)20(25(3,22)23)14(2)18(21)19-15-8-6-5-7-9-15/h5-14H,4H2,1-3H3,(H,19,21)/t14-/m1/s1. The summed E-state index contributed by atoms with van der Waals surface area (Å²) in [6.45, 7) is 3.94. The van der Waals surface area contributed by atoms with Crippen molar-refractivity contribution in [2.75, 3.05) is 22.5 Å². The largest absolute Gasteiger partial charge is 0.494 e. The summed E-state index contributed by atoms with van der Waals surface area (Å²) in [7, 11) is -3.65. The topological polar surface area (TPSA) is 75.7 Å². The van der Waals surface area contributed by atoms with Gasteiger partial charge in [0.05, 0.1) is 18.6 Å². The van der Waals surface area contributed by atoms with Gasteiger partial charge in [-0.25, -0.2) is 8.42 Å². The molecule has 0 aromatic heterocycles. The Balaban J connectivity index is 2.26. The van der Waals surface area contributed by atoms with Crippen molar-refractivity contribution in [1.82, 2.24) is 0 Å². The van der Waals surface area contributed by atoms with Gasteiger partial charge in [0.2, 0.25) is 15.9 Å². The molecular formula is C18H22N2O4S. The predicted molar refractivity (Wildman–Crippen MR) is 99.5 cm³/mol. The molecule has 2 aromatic carbocycles. The van der Waals surface area contributed by atoms with Crippen LogP contribution in [0, 0.1) is 0 Å². The minimum atomic E-state index is -3.65. The first-order chi connectivity index (χ1) is 11.8. The number of nitrogens with zero attached hydrogens (tertiary/aromatic N) is 1. The highest BCUT2D eigenvalue weighted by molar-refractivity contribution is 7.92. The number of hydrogen-bond donors (Lipinski definition) is 1. The zero-order valence-corrected chi connectivity index (χ0v) is 15.3. The van der Waals surface area contributed by atoms with Crippen molar-refractivity contribution in [2.45, 2.75) is 19.9 Å². The van der Waals surface area contributed by atoms with Gasteiger partial charge in [-0.3, -0.25) is 9.10 Å². The number of carbonyl (C=O) groups excluding carboxylic acids is 1. The van der Waals surface area contributed by atoms with Crippen LogP contribution in [0.3, 0.4) is 0 Å². The molecule has 0 aliphatic heterocycles.